The minimum atomic E-state index is -3.03. The van der Waals surface area contributed by atoms with Gasteiger partial charge in [0, 0.05) is 5.56 Å². The van der Waals surface area contributed by atoms with Crippen LogP contribution in [0.4, 0.5) is 0 Å². The summed E-state index contributed by atoms with van der Waals surface area (Å²) in [6.45, 7) is 3.84. The first-order valence-corrected chi connectivity index (χ1v) is 8.42. The van der Waals surface area contributed by atoms with Crippen molar-refractivity contribution in [1.82, 2.24) is 0 Å². The lowest BCUT2D eigenvalue weighted by Crippen LogP contribution is -2.17. The zero-order valence-electron chi connectivity index (χ0n) is 11.5. The van der Waals surface area contributed by atoms with Gasteiger partial charge in [0.15, 0.2) is 9.84 Å². The van der Waals surface area contributed by atoms with Crippen LogP contribution in [0.1, 0.15) is 38.4 Å². The van der Waals surface area contributed by atoms with E-state index in [1.807, 2.05) is 26.0 Å². The van der Waals surface area contributed by atoms with E-state index < -0.39 is 15.9 Å². The van der Waals surface area contributed by atoms with Gasteiger partial charge < -0.3 is 9.84 Å². The monoisotopic (exact) mass is 286 g/mol. The Hall–Kier alpha value is -1.07. The predicted octanol–water partition coefficient (Wildman–Crippen LogP) is 2.33. The van der Waals surface area contributed by atoms with Crippen LogP contribution >= 0.6 is 0 Å². The van der Waals surface area contributed by atoms with E-state index in [-0.39, 0.29) is 18.1 Å². The number of rotatable bonds is 8. The van der Waals surface area contributed by atoms with Crippen LogP contribution in [-0.4, -0.2) is 31.6 Å². The SMILES string of the molecule is CCCS(=O)(=O)CCOc1ccccc1[C@@H](O)CC. The maximum Gasteiger partial charge on any atom is 0.153 e. The van der Waals surface area contributed by atoms with E-state index in [1.165, 1.54) is 0 Å². The largest absolute Gasteiger partial charge is 0.492 e. The molecule has 0 aromatic heterocycles. The number of hydrogen-bond acceptors (Lipinski definition) is 4. The molecule has 0 unspecified atom stereocenters. The first-order valence-electron chi connectivity index (χ1n) is 6.60. The van der Waals surface area contributed by atoms with Crippen molar-refractivity contribution in [3.05, 3.63) is 29.8 Å². The van der Waals surface area contributed by atoms with Crippen molar-refractivity contribution in [3.8, 4) is 5.75 Å². The molecule has 1 atom stereocenters. The molecule has 0 aliphatic heterocycles. The minimum Gasteiger partial charge on any atom is -0.492 e. The molecule has 0 aliphatic rings. The molecule has 108 valence electrons. The normalized spacial score (nSPS) is 13.2. The standard InChI is InChI=1S/C14H22O4S/c1-3-10-19(16,17)11-9-18-14-8-6-5-7-12(14)13(15)4-2/h5-8,13,15H,3-4,9-11H2,1-2H3/t13-/m0/s1. The molecule has 5 heteroatoms. The van der Waals surface area contributed by atoms with E-state index >= 15 is 0 Å². The Balaban J connectivity index is 2.63. The summed E-state index contributed by atoms with van der Waals surface area (Å²) in [5.41, 5.74) is 0.706. The molecule has 0 fully saturated rings. The van der Waals surface area contributed by atoms with E-state index in [4.69, 9.17) is 4.74 Å². The van der Waals surface area contributed by atoms with Crippen molar-refractivity contribution < 1.29 is 18.3 Å². The van der Waals surface area contributed by atoms with Gasteiger partial charge in [-0.2, -0.15) is 0 Å². The Morgan fingerprint density at radius 1 is 1.21 bits per heavy atom. The Morgan fingerprint density at radius 3 is 2.53 bits per heavy atom. The summed E-state index contributed by atoms with van der Waals surface area (Å²) in [7, 11) is -3.03. The van der Waals surface area contributed by atoms with Gasteiger partial charge in [-0.15, -0.1) is 0 Å². The fourth-order valence-corrected chi connectivity index (χ4v) is 2.96. The Labute approximate surface area is 115 Å². The van der Waals surface area contributed by atoms with Crippen molar-refractivity contribution in [1.29, 1.82) is 0 Å². The van der Waals surface area contributed by atoms with Crippen molar-refractivity contribution in [2.24, 2.45) is 0 Å². The van der Waals surface area contributed by atoms with Gasteiger partial charge in [-0.3, -0.25) is 0 Å². The molecule has 1 rings (SSSR count). The molecule has 0 heterocycles. The van der Waals surface area contributed by atoms with Gasteiger partial charge >= 0.3 is 0 Å². The highest BCUT2D eigenvalue weighted by atomic mass is 32.2. The first-order chi connectivity index (χ1) is 9.00. The molecule has 0 spiro atoms. The summed E-state index contributed by atoms with van der Waals surface area (Å²) in [6.07, 6.45) is 0.630. The predicted molar refractivity (Wildman–Crippen MR) is 76.1 cm³/mol. The lowest BCUT2D eigenvalue weighted by atomic mass is 10.1. The quantitative estimate of drug-likeness (QED) is 0.796. The van der Waals surface area contributed by atoms with Crippen molar-refractivity contribution >= 4 is 9.84 Å². The molecule has 0 aliphatic carbocycles. The van der Waals surface area contributed by atoms with Gasteiger partial charge in [-0.1, -0.05) is 32.0 Å². The van der Waals surface area contributed by atoms with Crippen LogP contribution in [0.25, 0.3) is 0 Å². The summed E-state index contributed by atoms with van der Waals surface area (Å²) in [5, 5.41) is 9.86. The number of aliphatic hydroxyl groups is 1. The molecule has 1 aromatic carbocycles. The molecule has 0 radical (unpaired) electrons. The molecule has 1 N–H and O–H groups in total. The van der Waals surface area contributed by atoms with Gasteiger partial charge in [0.25, 0.3) is 0 Å². The number of benzene rings is 1. The van der Waals surface area contributed by atoms with Crippen LogP contribution in [0.3, 0.4) is 0 Å². The van der Waals surface area contributed by atoms with E-state index in [1.54, 1.807) is 12.1 Å². The van der Waals surface area contributed by atoms with Gasteiger partial charge in [-0.25, -0.2) is 8.42 Å². The number of sulfone groups is 1. The molecule has 0 bridgehead atoms. The number of ether oxygens (including phenoxy) is 1. The third kappa shape index (κ3) is 5.20. The Kier molecular flexibility index (Phi) is 6.31. The second-order valence-corrected chi connectivity index (χ2v) is 6.77. The van der Waals surface area contributed by atoms with Gasteiger partial charge in [0.2, 0.25) is 0 Å². The smallest absolute Gasteiger partial charge is 0.153 e. The molecule has 0 saturated heterocycles. The molecule has 0 saturated carbocycles. The lowest BCUT2D eigenvalue weighted by Gasteiger charge is -2.14. The third-order valence-electron chi connectivity index (χ3n) is 2.83. The van der Waals surface area contributed by atoms with Crippen molar-refractivity contribution in [2.45, 2.75) is 32.8 Å². The fourth-order valence-electron chi connectivity index (χ4n) is 1.80. The first kappa shape index (κ1) is 16.0. The third-order valence-corrected chi connectivity index (χ3v) is 4.65. The molecular weight excluding hydrogens is 264 g/mol. The Morgan fingerprint density at radius 2 is 1.89 bits per heavy atom. The van der Waals surface area contributed by atoms with Crippen LogP contribution in [0.5, 0.6) is 5.75 Å². The second-order valence-electron chi connectivity index (χ2n) is 4.46. The van der Waals surface area contributed by atoms with Crippen molar-refractivity contribution in [3.63, 3.8) is 0 Å². The zero-order valence-corrected chi connectivity index (χ0v) is 12.3. The maximum absolute atomic E-state index is 11.6. The van der Waals surface area contributed by atoms with Gasteiger partial charge in [0.1, 0.15) is 12.4 Å². The summed E-state index contributed by atoms with van der Waals surface area (Å²) in [4.78, 5) is 0. The highest BCUT2D eigenvalue weighted by molar-refractivity contribution is 7.91. The molecule has 4 nitrogen and oxygen atoms in total. The minimum absolute atomic E-state index is 0.0113. The van der Waals surface area contributed by atoms with E-state index in [9.17, 15) is 13.5 Å². The highest BCUT2D eigenvalue weighted by Gasteiger charge is 2.13. The molecule has 0 amide bonds. The van der Waals surface area contributed by atoms with Gasteiger partial charge in [-0.05, 0) is 18.9 Å². The molecular formula is C14H22O4S. The average Bonchev–Trinajstić information content (AvgIpc) is 2.38. The van der Waals surface area contributed by atoms with E-state index in [0.29, 0.717) is 24.2 Å². The van der Waals surface area contributed by atoms with Crippen LogP contribution in [-0.2, 0) is 9.84 Å². The van der Waals surface area contributed by atoms with Crippen LogP contribution in [0.15, 0.2) is 24.3 Å². The number of hydrogen-bond donors (Lipinski definition) is 1. The summed E-state index contributed by atoms with van der Waals surface area (Å²) < 4.78 is 28.6. The topological polar surface area (TPSA) is 63.6 Å². The van der Waals surface area contributed by atoms with E-state index in [0.717, 1.165) is 0 Å². The second kappa shape index (κ2) is 7.50. The summed E-state index contributed by atoms with van der Waals surface area (Å²) >= 11 is 0. The average molecular weight is 286 g/mol. The van der Waals surface area contributed by atoms with Crippen molar-refractivity contribution in [2.75, 3.05) is 18.1 Å². The lowest BCUT2D eigenvalue weighted by molar-refractivity contribution is 0.168. The highest BCUT2D eigenvalue weighted by Crippen LogP contribution is 2.26. The Bertz CT molecular complexity index is 482. The number of aliphatic hydroxyl groups excluding tert-OH is 1. The van der Waals surface area contributed by atoms with E-state index in [2.05, 4.69) is 0 Å². The maximum atomic E-state index is 11.6. The van der Waals surface area contributed by atoms with Gasteiger partial charge in [0.05, 0.1) is 17.6 Å². The summed E-state index contributed by atoms with van der Waals surface area (Å²) in [6, 6.07) is 7.18. The summed E-state index contributed by atoms with van der Waals surface area (Å²) in [5.74, 6) is 0.760. The molecule has 1 aromatic rings. The zero-order chi connectivity index (χ0) is 14.3. The molecule has 19 heavy (non-hydrogen) atoms. The fraction of sp³-hybridized carbons (Fsp3) is 0.571. The van der Waals surface area contributed by atoms with Crippen LogP contribution in [0, 0.1) is 0 Å². The van der Waals surface area contributed by atoms with Crippen LogP contribution in [0.2, 0.25) is 0 Å². The van der Waals surface area contributed by atoms with Crippen LogP contribution < -0.4 is 4.74 Å². The number of para-hydroxylation sites is 1.